The van der Waals surface area contributed by atoms with Gasteiger partial charge in [0, 0.05) is 36.6 Å². The minimum absolute atomic E-state index is 0.0274. The van der Waals surface area contributed by atoms with E-state index in [9.17, 15) is 13.2 Å². The molecule has 3 heterocycles. The Morgan fingerprint density at radius 1 is 1.16 bits per heavy atom. The number of aromatic nitrogens is 4. The van der Waals surface area contributed by atoms with Crippen LogP contribution in [-0.4, -0.2) is 52.5 Å². The van der Waals surface area contributed by atoms with Crippen molar-refractivity contribution in [3.05, 3.63) is 53.9 Å². The van der Waals surface area contributed by atoms with Crippen LogP contribution in [0.3, 0.4) is 0 Å². The maximum atomic E-state index is 12.8. The first-order valence-corrected chi connectivity index (χ1v) is 12.8. The van der Waals surface area contributed by atoms with E-state index < -0.39 is 10.0 Å². The van der Waals surface area contributed by atoms with Crippen LogP contribution in [0.5, 0.6) is 0 Å². The number of hydrogen-bond donors (Lipinski definition) is 0. The molecule has 0 atom stereocenters. The molecule has 0 N–H and O–H groups in total. The van der Waals surface area contributed by atoms with E-state index in [0.717, 1.165) is 29.8 Å². The van der Waals surface area contributed by atoms with Gasteiger partial charge in [0.15, 0.2) is 16.8 Å². The molecule has 8 nitrogen and oxygen atoms in total. The number of aryl methyl sites for hydroxylation is 1. The molecule has 0 unspecified atom stereocenters. The van der Waals surface area contributed by atoms with Crippen molar-refractivity contribution in [2.75, 3.05) is 22.9 Å². The fourth-order valence-electron chi connectivity index (χ4n) is 3.69. The largest absolute Gasteiger partial charge is 0.302 e. The first-order chi connectivity index (χ1) is 14.9. The highest BCUT2D eigenvalue weighted by Crippen LogP contribution is 2.31. The predicted octanol–water partition coefficient (Wildman–Crippen LogP) is 3.05. The van der Waals surface area contributed by atoms with Crippen LogP contribution in [0.4, 0.5) is 5.69 Å². The molecule has 0 saturated heterocycles. The molecule has 1 aromatic carbocycles. The summed E-state index contributed by atoms with van der Waals surface area (Å²) >= 11 is 1.35. The SMILES string of the molecule is CCn1c(SCC(=O)c2ccc3c(c2)CCCN3S(C)(=O)=O)nnc1-c1ccncc1. The lowest BCUT2D eigenvalue weighted by atomic mass is 9.99. The topological polar surface area (TPSA) is 98.1 Å². The number of ketones is 1. The van der Waals surface area contributed by atoms with Crippen LogP contribution in [0.15, 0.2) is 47.9 Å². The van der Waals surface area contributed by atoms with Crippen LogP contribution in [0.25, 0.3) is 11.4 Å². The molecule has 0 spiro atoms. The third-order valence-corrected chi connectivity index (χ3v) is 7.33. The van der Waals surface area contributed by atoms with Crippen LogP contribution in [0.2, 0.25) is 0 Å². The molecule has 31 heavy (non-hydrogen) atoms. The quantitative estimate of drug-likeness (QED) is 0.397. The Bertz CT molecular complexity index is 1210. The summed E-state index contributed by atoms with van der Waals surface area (Å²) in [7, 11) is -3.32. The molecule has 162 valence electrons. The molecule has 0 aliphatic carbocycles. The molecular formula is C21H23N5O3S2. The third kappa shape index (κ3) is 4.49. The predicted molar refractivity (Wildman–Crippen MR) is 121 cm³/mol. The van der Waals surface area contributed by atoms with Crippen LogP contribution < -0.4 is 4.31 Å². The fourth-order valence-corrected chi connectivity index (χ4v) is 5.58. The Labute approximate surface area is 185 Å². The average molecular weight is 458 g/mol. The number of pyridine rings is 1. The molecule has 0 radical (unpaired) electrons. The van der Waals surface area contributed by atoms with E-state index in [0.29, 0.717) is 29.5 Å². The van der Waals surface area contributed by atoms with Crippen LogP contribution in [-0.2, 0) is 23.0 Å². The molecule has 0 amide bonds. The summed E-state index contributed by atoms with van der Waals surface area (Å²) in [4.78, 5) is 16.9. The van der Waals surface area contributed by atoms with Crippen molar-refractivity contribution >= 4 is 33.3 Å². The number of thioether (sulfide) groups is 1. The third-order valence-electron chi connectivity index (χ3n) is 5.18. The van der Waals surface area contributed by atoms with Gasteiger partial charge in [-0.25, -0.2) is 8.42 Å². The van der Waals surface area contributed by atoms with Crippen molar-refractivity contribution in [3.63, 3.8) is 0 Å². The van der Waals surface area contributed by atoms with Gasteiger partial charge in [0.2, 0.25) is 10.0 Å². The van der Waals surface area contributed by atoms with Crippen molar-refractivity contribution in [3.8, 4) is 11.4 Å². The summed E-state index contributed by atoms with van der Waals surface area (Å²) < 4.78 is 27.5. The number of nitrogens with zero attached hydrogens (tertiary/aromatic N) is 5. The number of Topliss-reactive ketones (excluding diaryl/α,β-unsaturated/α-hetero) is 1. The van der Waals surface area contributed by atoms with E-state index in [1.165, 1.54) is 22.3 Å². The zero-order chi connectivity index (χ0) is 22.0. The fraction of sp³-hybridized carbons (Fsp3) is 0.333. The van der Waals surface area contributed by atoms with Gasteiger partial charge in [-0.2, -0.15) is 0 Å². The van der Waals surface area contributed by atoms with Crippen molar-refractivity contribution in [1.82, 2.24) is 19.7 Å². The molecule has 2 aromatic heterocycles. The lowest BCUT2D eigenvalue weighted by Gasteiger charge is -2.29. The number of hydrogen-bond acceptors (Lipinski definition) is 7. The number of rotatable bonds is 7. The van der Waals surface area contributed by atoms with Gasteiger partial charge >= 0.3 is 0 Å². The minimum atomic E-state index is -3.32. The summed E-state index contributed by atoms with van der Waals surface area (Å²) in [5.74, 6) is 0.943. The highest BCUT2D eigenvalue weighted by atomic mass is 32.2. The maximum Gasteiger partial charge on any atom is 0.232 e. The molecule has 0 saturated carbocycles. The van der Waals surface area contributed by atoms with Gasteiger partial charge in [-0.15, -0.1) is 10.2 Å². The summed E-state index contributed by atoms with van der Waals surface area (Å²) in [5.41, 5.74) is 3.07. The summed E-state index contributed by atoms with van der Waals surface area (Å²) in [6.07, 6.45) is 6.13. The Morgan fingerprint density at radius 2 is 1.94 bits per heavy atom. The lowest BCUT2D eigenvalue weighted by molar-refractivity contribution is 0.102. The van der Waals surface area contributed by atoms with E-state index in [1.54, 1.807) is 24.5 Å². The molecule has 0 bridgehead atoms. The molecule has 3 aromatic rings. The zero-order valence-electron chi connectivity index (χ0n) is 17.4. The van der Waals surface area contributed by atoms with Gasteiger partial charge in [-0.05, 0) is 55.7 Å². The summed E-state index contributed by atoms with van der Waals surface area (Å²) in [6, 6.07) is 9.02. The number of sulfonamides is 1. The van der Waals surface area contributed by atoms with Crippen LogP contribution in [0, 0.1) is 0 Å². The first-order valence-electron chi connectivity index (χ1n) is 9.98. The van der Waals surface area contributed by atoms with E-state index in [1.807, 2.05) is 29.7 Å². The number of benzene rings is 1. The molecular weight excluding hydrogens is 434 g/mol. The van der Waals surface area contributed by atoms with Crippen LogP contribution in [0.1, 0.15) is 29.3 Å². The Hall–Kier alpha value is -2.72. The van der Waals surface area contributed by atoms with Gasteiger partial charge < -0.3 is 4.57 Å². The standard InChI is InChI=1S/C21H23N5O3S2/c1-3-25-20(15-8-10-22-11-9-15)23-24-21(25)30-14-19(27)17-6-7-18-16(13-17)5-4-12-26(18)31(2,28)29/h6-11,13H,3-5,12,14H2,1-2H3. The monoisotopic (exact) mass is 457 g/mol. The molecule has 0 fully saturated rings. The number of carbonyl (C=O) groups is 1. The van der Waals surface area contributed by atoms with E-state index in [-0.39, 0.29) is 11.5 Å². The Kier molecular flexibility index (Phi) is 6.10. The van der Waals surface area contributed by atoms with E-state index in [4.69, 9.17) is 0 Å². The van der Waals surface area contributed by atoms with Crippen LogP contribution >= 0.6 is 11.8 Å². The molecule has 4 rings (SSSR count). The number of fused-ring (bicyclic) bond motifs is 1. The van der Waals surface area contributed by atoms with Gasteiger partial charge in [-0.1, -0.05) is 11.8 Å². The summed E-state index contributed by atoms with van der Waals surface area (Å²) in [6.45, 7) is 3.17. The minimum Gasteiger partial charge on any atom is -0.302 e. The zero-order valence-corrected chi connectivity index (χ0v) is 19.0. The van der Waals surface area contributed by atoms with E-state index >= 15 is 0 Å². The number of carbonyl (C=O) groups excluding carboxylic acids is 1. The summed E-state index contributed by atoms with van der Waals surface area (Å²) in [5, 5.41) is 9.24. The second-order valence-electron chi connectivity index (χ2n) is 7.28. The normalized spacial score (nSPS) is 13.8. The lowest BCUT2D eigenvalue weighted by Crippen LogP contribution is -2.34. The average Bonchev–Trinajstić information content (AvgIpc) is 3.19. The van der Waals surface area contributed by atoms with Gasteiger partial charge in [0.25, 0.3) is 0 Å². The maximum absolute atomic E-state index is 12.8. The highest BCUT2D eigenvalue weighted by Gasteiger charge is 2.25. The molecule has 10 heteroatoms. The Morgan fingerprint density at radius 3 is 2.65 bits per heavy atom. The van der Waals surface area contributed by atoms with Crippen molar-refractivity contribution in [2.24, 2.45) is 0 Å². The smallest absolute Gasteiger partial charge is 0.232 e. The molecule has 1 aliphatic heterocycles. The number of anilines is 1. The van der Waals surface area contributed by atoms with Gasteiger partial charge in [-0.3, -0.25) is 14.1 Å². The van der Waals surface area contributed by atoms with Gasteiger partial charge in [0.05, 0.1) is 17.7 Å². The van der Waals surface area contributed by atoms with Gasteiger partial charge in [0.1, 0.15) is 0 Å². The molecule has 1 aliphatic rings. The Balaban J connectivity index is 1.51. The van der Waals surface area contributed by atoms with Crippen molar-refractivity contribution < 1.29 is 13.2 Å². The second-order valence-corrected chi connectivity index (χ2v) is 10.1. The van der Waals surface area contributed by atoms with E-state index in [2.05, 4.69) is 15.2 Å². The highest BCUT2D eigenvalue weighted by molar-refractivity contribution is 7.99. The van der Waals surface area contributed by atoms with Crippen molar-refractivity contribution in [2.45, 2.75) is 31.5 Å². The first kappa shape index (κ1) is 21.5. The van der Waals surface area contributed by atoms with Crippen molar-refractivity contribution in [1.29, 1.82) is 0 Å². The second kappa shape index (κ2) is 8.80.